The van der Waals surface area contributed by atoms with Gasteiger partial charge in [-0.25, -0.2) is 4.79 Å². The van der Waals surface area contributed by atoms with E-state index in [1.807, 2.05) is 6.92 Å². The Labute approximate surface area is 290 Å². The number of rotatable bonds is 11. The van der Waals surface area contributed by atoms with Gasteiger partial charge in [-0.15, -0.1) is 11.5 Å². The molecule has 1 aromatic carbocycles. The van der Waals surface area contributed by atoms with Crippen LogP contribution in [0.2, 0.25) is 15.3 Å². The van der Waals surface area contributed by atoms with Crippen molar-refractivity contribution in [3.63, 3.8) is 0 Å². The highest BCUT2D eigenvalue weighted by molar-refractivity contribution is 7.51. The van der Waals surface area contributed by atoms with Gasteiger partial charge < -0.3 is 30.3 Å². The van der Waals surface area contributed by atoms with Crippen LogP contribution in [0.4, 0.5) is 11.9 Å². The summed E-state index contributed by atoms with van der Waals surface area (Å²) in [6, 6.07) is 5.19. The third-order valence-corrected chi connectivity index (χ3v) is 7.16. The van der Waals surface area contributed by atoms with Crippen molar-refractivity contribution in [2.45, 2.75) is 52.1 Å². The molecule has 0 bridgehead atoms. The Morgan fingerprint density at radius 2 is 1.85 bits per heavy atom. The molecule has 0 atom stereocenters. The number of hydrogen-bond donors (Lipinski definition) is 6. The number of fused-ring (bicyclic) bond motifs is 1. The molecule has 6 N–H and O–H groups in total. The van der Waals surface area contributed by atoms with E-state index in [9.17, 15) is 14.2 Å². The zero-order valence-corrected chi connectivity index (χ0v) is 29.2. The van der Waals surface area contributed by atoms with Gasteiger partial charge in [-0.1, -0.05) is 29.1 Å². The van der Waals surface area contributed by atoms with Gasteiger partial charge in [0.05, 0.1) is 34.6 Å². The second kappa shape index (κ2) is 18.6. The van der Waals surface area contributed by atoms with Gasteiger partial charge in [-0.3, -0.25) is 19.2 Å². The number of carboxylic acid groups (broad SMARTS) is 1. The molecule has 21 heteroatoms. The number of carboxylic acids is 1. The Morgan fingerprint density at radius 3 is 2.44 bits per heavy atom. The Morgan fingerprint density at radius 1 is 1.17 bits per heavy atom. The van der Waals surface area contributed by atoms with Crippen molar-refractivity contribution in [2.24, 2.45) is 0 Å². The quantitative estimate of drug-likeness (QED) is 0.122. The van der Waals surface area contributed by atoms with Gasteiger partial charge in [0.25, 0.3) is 0 Å². The van der Waals surface area contributed by atoms with Crippen molar-refractivity contribution < 1.29 is 29.0 Å². The number of anilines is 2. The summed E-state index contributed by atoms with van der Waals surface area (Å²) >= 11 is 18.0. The predicted molar refractivity (Wildman–Crippen MR) is 180 cm³/mol. The van der Waals surface area contributed by atoms with Crippen LogP contribution in [0.25, 0.3) is 5.69 Å². The molecule has 0 spiro atoms. The number of carbonyl (C=O) groups is 1. The second-order valence-corrected chi connectivity index (χ2v) is 13.0. The van der Waals surface area contributed by atoms with E-state index in [4.69, 9.17) is 66.1 Å². The minimum absolute atomic E-state index is 0.0788. The fourth-order valence-corrected chi connectivity index (χ4v) is 4.81. The van der Waals surface area contributed by atoms with E-state index in [1.165, 1.54) is 10.7 Å². The lowest BCUT2D eigenvalue weighted by Crippen LogP contribution is -2.29. The monoisotopic (exact) mass is 746 g/mol. The van der Waals surface area contributed by atoms with Crippen LogP contribution in [-0.2, 0) is 22.3 Å². The van der Waals surface area contributed by atoms with Crippen molar-refractivity contribution in [1.82, 2.24) is 34.6 Å². The Hall–Kier alpha value is -3.93. The van der Waals surface area contributed by atoms with E-state index >= 15 is 0 Å². The van der Waals surface area contributed by atoms with Gasteiger partial charge in [0.2, 0.25) is 17.2 Å². The van der Waals surface area contributed by atoms with Crippen LogP contribution in [0.1, 0.15) is 39.4 Å². The average molecular weight is 748 g/mol. The van der Waals surface area contributed by atoms with E-state index in [-0.39, 0.29) is 23.5 Å². The molecule has 1 aliphatic heterocycles. The topological polar surface area (TPSA) is 242 Å². The minimum Gasteiger partial charge on any atom is -0.480 e. The SMILES string of the molecule is C#CCOc1cc(-n2nc3n(c2=O)CCCC3)c(Cl)cc1Cl.CCNc1nc(Cl)nc(NC(C)(C)C#N)n1.O=C(O)CNCP(=O)(O)O. The molecule has 1 aliphatic rings. The number of nitrogens with one attached hydrogen (secondary N) is 3. The van der Waals surface area contributed by atoms with E-state index < -0.39 is 31.9 Å². The Balaban J connectivity index is 0.000000271. The van der Waals surface area contributed by atoms with Crippen molar-refractivity contribution in [1.29, 1.82) is 5.26 Å². The molecule has 4 rings (SSSR count). The third-order valence-electron chi connectivity index (χ3n) is 5.75. The number of hydrogen-bond acceptors (Lipinski definition) is 12. The van der Waals surface area contributed by atoms with E-state index in [0.29, 0.717) is 40.5 Å². The Kier molecular flexibility index (Phi) is 15.6. The standard InChI is InChI=1S/C15H13Cl2N3O2.C9H13ClN6.C3H8NO5P/c1-2-7-22-13-9-12(10(16)8-11(13)17)20-15(21)19-6-4-3-5-14(19)18-20;1-4-12-7-13-6(10)14-8(15-7)16-9(2,3)5-11;5-3(6)1-4-2-10(7,8)9/h1,8-9H,3-7H2;4H2,1-3H3,(H2,12,13,14,15,16);4H,1-2H2,(H,5,6)(H2,7,8,9). The number of ether oxygens (including phenoxy) is 1. The molecule has 0 fully saturated rings. The van der Waals surface area contributed by atoms with Crippen LogP contribution in [-0.4, -0.2) is 81.7 Å². The van der Waals surface area contributed by atoms with Crippen LogP contribution in [0.5, 0.6) is 5.75 Å². The number of aryl methyl sites for hydroxylation is 1. The van der Waals surface area contributed by atoms with E-state index in [2.05, 4.69) is 48.0 Å². The molecule has 0 unspecified atom stereocenters. The first kappa shape index (κ1) is 40.2. The van der Waals surface area contributed by atoms with Gasteiger partial charge in [0.15, 0.2) is 0 Å². The largest absolute Gasteiger partial charge is 0.480 e. The minimum atomic E-state index is -4.10. The highest BCUT2D eigenvalue weighted by Crippen LogP contribution is 2.33. The Bertz CT molecular complexity index is 1770. The lowest BCUT2D eigenvalue weighted by molar-refractivity contribution is -0.135. The number of benzene rings is 1. The highest BCUT2D eigenvalue weighted by Gasteiger charge is 2.21. The van der Waals surface area contributed by atoms with Crippen molar-refractivity contribution in [3.05, 3.63) is 43.8 Å². The first-order valence-corrected chi connectivity index (χ1v) is 17.0. The van der Waals surface area contributed by atoms with Crippen LogP contribution >= 0.6 is 42.4 Å². The molecular formula is C27H34Cl3N10O7P. The van der Waals surface area contributed by atoms with Gasteiger partial charge in [-0.05, 0) is 51.3 Å². The summed E-state index contributed by atoms with van der Waals surface area (Å²) in [6.45, 7) is 6.36. The molecule has 260 valence electrons. The van der Waals surface area contributed by atoms with Crippen LogP contribution in [0.15, 0.2) is 16.9 Å². The molecule has 0 aliphatic carbocycles. The van der Waals surface area contributed by atoms with Gasteiger partial charge in [-0.2, -0.15) is 24.9 Å². The van der Waals surface area contributed by atoms with Crippen molar-refractivity contribution in [2.75, 3.05) is 36.6 Å². The van der Waals surface area contributed by atoms with E-state index in [1.54, 1.807) is 24.5 Å². The lowest BCUT2D eigenvalue weighted by atomic mass is 10.1. The molecular weight excluding hydrogens is 714 g/mol. The number of aromatic nitrogens is 6. The molecule has 0 saturated heterocycles. The summed E-state index contributed by atoms with van der Waals surface area (Å²) in [7, 11) is -4.10. The molecule has 17 nitrogen and oxygen atoms in total. The third kappa shape index (κ3) is 13.3. The van der Waals surface area contributed by atoms with Crippen molar-refractivity contribution >= 4 is 60.3 Å². The van der Waals surface area contributed by atoms with Gasteiger partial charge >= 0.3 is 19.3 Å². The van der Waals surface area contributed by atoms with Crippen LogP contribution in [0, 0.1) is 23.7 Å². The fraction of sp³-hybridized carbons (Fsp3) is 0.444. The number of aliphatic carboxylic acids is 1. The lowest BCUT2D eigenvalue weighted by Gasteiger charge is -2.17. The highest BCUT2D eigenvalue weighted by atomic mass is 35.5. The number of terminal acetylenes is 1. The maximum Gasteiger partial charge on any atom is 0.350 e. The van der Waals surface area contributed by atoms with Gasteiger partial charge in [0.1, 0.15) is 23.7 Å². The van der Waals surface area contributed by atoms with Gasteiger partial charge in [0, 0.05) is 25.6 Å². The molecule has 0 amide bonds. The maximum absolute atomic E-state index is 12.5. The summed E-state index contributed by atoms with van der Waals surface area (Å²) in [6.07, 6.45) is 7.37. The maximum atomic E-state index is 12.5. The first-order valence-electron chi connectivity index (χ1n) is 14.1. The second-order valence-electron chi connectivity index (χ2n) is 10.2. The summed E-state index contributed by atoms with van der Waals surface area (Å²) in [5.74, 6) is 3.03. The molecule has 48 heavy (non-hydrogen) atoms. The zero-order chi connectivity index (χ0) is 36.1. The predicted octanol–water partition coefficient (Wildman–Crippen LogP) is 3.16. The molecule has 3 heterocycles. The number of nitriles is 1. The normalized spacial score (nSPS) is 12.1. The summed E-state index contributed by atoms with van der Waals surface area (Å²) in [5, 5.41) is 29.8. The molecule has 0 saturated carbocycles. The summed E-state index contributed by atoms with van der Waals surface area (Å²) < 4.78 is 18.4. The summed E-state index contributed by atoms with van der Waals surface area (Å²) in [5.41, 5.74) is -0.527. The smallest absolute Gasteiger partial charge is 0.350 e. The molecule has 3 aromatic rings. The van der Waals surface area contributed by atoms with Crippen LogP contribution in [0.3, 0.4) is 0 Å². The molecule has 0 radical (unpaired) electrons. The fourth-order valence-electron chi connectivity index (χ4n) is 3.73. The van der Waals surface area contributed by atoms with Crippen LogP contribution < -0.4 is 26.4 Å². The number of nitrogens with zero attached hydrogens (tertiary/aromatic N) is 7. The zero-order valence-electron chi connectivity index (χ0n) is 26.1. The van der Waals surface area contributed by atoms with Crippen molar-refractivity contribution in [3.8, 4) is 29.8 Å². The summed E-state index contributed by atoms with van der Waals surface area (Å²) in [4.78, 5) is 50.5. The van der Waals surface area contributed by atoms with E-state index in [0.717, 1.165) is 25.1 Å². The average Bonchev–Trinajstić information content (AvgIpc) is 3.32. The molecule has 2 aromatic heterocycles. The number of halogens is 3. The first-order chi connectivity index (χ1) is 22.5.